The van der Waals surface area contributed by atoms with E-state index < -0.39 is 5.97 Å². The molecule has 24 heavy (non-hydrogen) atoms. The van der Waals surface area contributed by atoms with E-state index in [4.69, 9.17) is 0 Å². The molecule has 2 N–H and O–H groups in total. The second kappa shape index (κ2) is 8.40. The molecular formula is C18H19NO4S. The molecule has 1 amide bonds. The molecule has 5 nitrogen and oxygen atoms in total. The lowest BCUT2D eigenvalue weighted by atomic mass is 10.1. The van der Waals surface area contributed by atoms with Gasteiger partial charge in [-0.1, -0.05) is 35.9 Å². The summed E-state index contributed by atoms with van der Waals surface area (Å²) >= 11 is 1.48. The summed E-state index contributed by atoms with van der Waals surface area (Å²) in [5.74, 6) is -0.220. The minimum Gasteiger partial charge on any atom is -0.505 e. The summed E-state index contributed by atoms with van der Waals surface area (Å²) in [5.41, 5.74) is 2.55. The van der Waals surface area contributed by atoms with Crippen LogP contribution in [0.4, 0.5) is 5.69 Å². The summed E-state index contributed by atoms with van der Waals surface area (Å²) in [6.45, 7) is 2.03. The van der Waals surface area contributed by atoms with Gasteiger partial charge in [0.15, 0.2) is 5.75 Å². The van der Waals surface area contributed by atoms with Gasteiger partial charge in [0.25, 0.3) is 0 Å². The van der Waals surface area contributed by atoms with Crippen LogP contribution in [0.25, 0.3) is 0 Å². The number of aryl methyl sites for hydroxylation is 1. The van der Waals surface area contributed by atoms with Crippen molar-refractivity contribution in [2.24, 2.45) is 0 Å². The second-order valence-electron chi connectivity index (χ2n) is 5.22. The largest absolute Gasteiger partial charge is 0.505 e. The third kappa shape index (κ3) is 4.76. The monoisotopic (exact) mass is 345 g/mol. The number of rotatable bonds is 6. The molecule has 0 saturated heterocycles. The third-order valence-corrected chi connectivity index (χ3v) is 4.30. The van der Waals surface area contributed by atoms with Crippen LogP contribution in [-0.4, -0.2) is 29.8 Å². The molecule has 0 fully saturated rings. The van der Waals surface area contributed by atoms with Crippen LogP contribution in [0.5, 0.6) is 5.75 Å². The Morgan fingerprint density at radius 2 is 1.96 bits per heavy atom. The number of amides is 1. The highest BCUT2D eigenvalue weighted by Crippen LogP contribution is 2.28. The third-order valence-electron chi connectivity index (χ3n) is 3.30. The highest BCUT2D eigenvalue weighted by molar-refractivity contribution is 7.99. The van der Waals surface area contributed by atoms with Crippen LogP contribution in [0.2, 0.25) is 0 Å². The minimum absolute atomic E-state index is 0.0164. The molecule has 0 radical (unpaired) electrons. The predicted octanol–water partition coefficient (Wildman–Crippen LogP) is 3.36. The number of benzene rings is 2. The number of hydrogen-bond donors (Lipinski definition) is 2. The molecule has 6 heteroatoms. The summed E-state index contributed by atoms with van der Waals surface area (Å²) in [6, 6.07) is 12.6. The number of hydrogen-bond acceptors (Lipinski definition) is 5. The Morgan fingerprint density at radius 1 is 1.21 bits per heavy atom. The smallest absolute Gasteiger partial charge is 0.341 e. The number of carbonyl (C=O) groups excluding carboxylic acids is 2. The zero-order valence-electron chi connectivity index (χ0n) is 13.5. The van der Waals surface area contributed by atoms with E-state index in [1.54, 1.807) is 6.07 Å². The van der Waals surface area contributed by atoms with Crippen LogP contribution >= 0.6 is 11.8 Å². The van der Waals surface area contributed by atoms with Crippen LogP contribution in [0.1, 0.15) is 21.5 Å². The van der Waals surface area contributed by atoms with Crippen molar-refractivity contribution in [3.05, 3.63) is 59.2 Å². The van der Waals surface area contributed by atoms with E-state index in [0.717, 1.165) is 11.3 Å². The van der Waals surface area contributed by atoms with Crippen molar-refractivity contribution in [1.82, 2.24) is 0 Å². The van der Waals surface area contributed by atoms with E-state index in [-0.39, 0.29) is 28.7 Å². The van der Waals surface area contributed by atoms with E-state index >= 15 is 0 Å². The summed E-state index contributed by atoms with van der Waals surface area (Å²) in [4.78, 5) is 23.5. The molecule has 2 aromatic rings. The van der Waals surface area contributed by atoms with E-state index in [0.29, 0.717) is 0 Å². The average molecular weight is 345 g/mol. The maximum Gasteiger partial charge on any atom is 0.341 e. The van der Waals surface area contributed by atoms with Gasteiger partial charge in [-0.3, -0.25) is 4.79 Å². The number of para-hydroxylation sites is 1. The zero-order chi connectivity index (χ0) is 17.5. The molecule has 126 valence electrons. The highest BCUT2D eigenvalue weighted by Gasteiger charge is 2.15. The molecule has 0 heterocycles. The maximum absolute atomic E-state index is 12.0. The first-order chi connectivity index (χ1) is 11.5. The van der Waals surface area contributed by atoms with Gasteiger partial charge in [0.2, 0.25) is 5.91 Å². The number of esters is 1. The lowest BCUT2D eigenvalue weighted by Crippen LogP contribution is -2.15. The fourth-order valence-electron chi connectivity index (χ4n) is 2.17. The number of anilines is 1. The van der Waals surface area contributed by atoms with E-state index in [2.05, 4.69) is 16.1 Å². The van der Waals surface area contributed by atoms with Crippen LogP contribution in [0, 0.1) is 6.92 Å². The van der Waals surface area contributed by atoms with Crippen molar-refractivity contribution in [2.75, 3.05) is 18.2 Å². The standard InChI is InChI=1S/C18H19NO4S/c1-12-5-3-6-13(9-12)10-24-11-16(20)19-15-8-4-7-14(17(15)21)18(22)23-2/h3-9,21H,10-11H2,1-2H3,(H,19,20). The molecule has 0 unspecified atom stereocenters. The summed E-state index contributed by atoms with van der Waals surface area (Å²) in [6.07, 6.45) is 0. The fourth-order valence-corrected chi connectivity index (χ4v) is 2.94. The molecule has 2 aromatic carbocycles. The molecular weight excluding hydrogens is 326 g/mol. The SMILES string of the molecule is COC(=O)c1cccc(NC(=O)CSCc2cccc(C)c2)c1O. The number of ether oxygens (including phenoxy) is 1. The van der Waals surface area contributed by atoms with Gasteiger partial charge in [-0.15, -0.1) is 11.8 Å². The van der Waals surface area contributed by atoms with Crippen molar-refractivity contribution < 1.29 is 19.4 Å². The zero-order valence-corrected chi connectivity index (χ0v) is 14.4. The Bertz CT molecular complexity index is 746. The van der Waals surface area contributed by atoms with Gasteiger partial charge in [-0.2, -0.15) is 0 Å². The number of thioether (sulfide) groups is 1. The second-order valence-corrected chi connectivity index (χ2v) is 6.21. The Hall–Kier alpha value is -2.47. The van der Waals surface area contributed by atoms with Gasteiger partial charge < -0.3 is 15.2 Å². The number of carbonyl (C=O) groups is 2. The molecule has 0 aliphatic carbocycles. The predicted molar refractivity (Wildman–Crippen MR) is 95.4 cm³/mol. The van der Waals surface area contributed by atoms with E-state index in [9.17, 15) is 14.7 Å². The van der Waals surface area contributed by atoms with Gasteiger partial charge >= 0.3 is 5.97 Å². The van der Waals surface area contributed by atoms with Crippen LogP contribution in [0.15, 0.2) is 42.5 Å². The number of nitrogens with one attached hydrogen (secondary N) is 1. The van der Waals surface area contributed by atoms with Crippen molar-refractivity contribution in [1.29, 1.82) is 0 Å². The molecule has 0 atom stereocenters. The highest BCUT2D eigenvalue weighted by atomic mass is 32.2. The Labute approximate surface area is 145 Å². The minimum atomic E-state index is -0.655. The van der Waals surface area contributed by atoms with Crippen LogP contribution in [-0.2, 0) is 15.3 Å². The van der Waals surface area contributed by atoms with Crippen molar-refractivity contribution in [3.8, 4) is 5.75 Å². The maximum atomic E-state index is 12.0. The normalized spacial score (nSPS) is 10.2. The fraction of sp³-hybridized carbons (Fsp3) is 0.222. The Kier molecular flexibility index (Phi) is 6.26. The van der Waals surface area contributed by atoms with Crippen molar-refractivity contribution >= 4 is 29.3 Å². The molecule has 0 aromatic heterocycles. The number of methoxy groups -OCH3 is 1. The summed E-state index contributed by atoms with van der Waals surface area (Å²) in [7, 11) is 1.23. The number of phenols is 1. The molecule has 0 spiro atoms. The van der Waals surface area contributed by atoms with Crippen LogP contribution < -0.4 is 5.32 Å². The first-order valence-electron chi connectivity index (χ1n) is 7.34. The van der Waals surface area contributed by atoms with Crippen LogP contribution in [0.3, 0.4) is 0 Å². The number of phenolic OH excluding ortho intramolecular Hbond substituents is 1. The van der Waals surface area contributed by atoms with Crippen molar-refractivity contribution in [3.63, 3.8) is 0 Å². The Balaban J connectivity index is 1.92. The van der Waals surface area contributed by atoms with Gasteiger partial charge in [-0.25, -0.2) is 4.79 Å². The molecule has 0 bridgehead atoms. The first kappa shape index (κ1) is 17.9. The summed E-state index contributed by atoms with van der Waals surface area (Å²) in [5, 5.41) is 12.7. The van der Waals surface area contributed by atoms with E-state index in [1.165, 1.54) is 36.6 Å². The van der Waals surface area contributed by atoms with Crippen molar-refractivity contribution in [2.45, 2.75) is 12.7 Å². The average Bonchev–Trinajstić information content (AvgIpc) is 2.56. The molecule has 0 aliphatic heterocycles. The van der Waals surface area contributed by atoms with E-state index in [1.807, 2.05) is 25.1 Å². The molecule has 0 saturated carbocycles. The quantitative estimate of drug-likeness (QED) is 0.620. The van der Waals surface area contributed by atoms with Gasteiger partial charge in [-0.05, 0) is 24.6 Å². The lowest BCUT2D eigenvalue weighted by molar-refractivity contribution is -0.113. The first-order valence-corrected chi connectivity index (χ1v) is 8.50. The van der Waals surface area contributed by atoms with Gasteiger partial charge in [0.1, 0.15) is 5.56 Å². The molecule has 0 aliphatic rings. The van der Waals surface area contributed by atoms with Gasteiger partial charge in [0.05, 0.1) is 18.6 Å². The lowest BCUT2D eigenvalue weighted by Gasteiger charge is -2.10. The number of aromatic hydroxyl groups is 1. The topological polar surface area (TPSA) is 75.6 Å². The van der Waals surface area contributed by atoms with Gasteiger partial charge in [0, 0.05) is 5.75 Å². The summed E-state index contributed by atoms with van der Waals surface area (Å²) < 4.78 is 4.58. The Morgan fingerprint density at radius 3 is 2.67 bits per heavy atom. The molecule has 2 rings (SSSR count).